The van der Waals surface area contributed by atoms with E-state index in [-0.39, 0.29) is 35.8 Å². The fraction of sp³-hybridized carbons (Fsp3) is 0.154. The van der Waals surface area contributed by atoms with Crippen LogP contribution in [-0.4, -0.2) is 23.9 Å². The lowest BCUT2D eigenvalue weighted by molar-refractivity contribution is -0.136. The molecule has 3 aromatic rings. The van der Waals surface area contributed by atoms with Gasteiger partial charge in [0.15, 0.2) is 0 Å². The van der Waals surface area contributed by atoms with E-state index in [4.69, 9.17) is 9.47 Å². The van der Waals surface area contributed by atoms with Crippen molar-refractivity contribution in [2.45, 2.75) is 27.1 Å². The molecular formula is C26H22O8. The van der Waals surface area contributed by atoms with Gasteiger partial charge in [-0.3, -0.25) is 9.59 Å². The predicted molar refractivity (Wildman–Crippen MR) is 120 cm³/mol. The number of rotatable bonds is 8. The maximum absolute atomic E-state index is 12.2. The molecule has 3 aromatic carbocycles. The molecule has 0 atom stereocenters. The molecule has 0 fully saturated rings. The van der Waals surface area contributed by atoms with Gasteiger partial charge in [-0.05, 0) is 35.4 Å². The first-order valence-corrected chi connectivity index (χ1v) is 10.3. The van der Waals surface area contributed by atoms with E-state index in [2.05, 4.69) is 9.47 Å². The zero-order valence-electron chi connectivity index (χ0n) is 18.6. The maximum Gasteiger partial charge on any atom is 0.349 e. The first kappa shape index (κ1) is 24.2. The second kappa shape index (κ2) is 11.4. The molecule has 0 bridgehead atoms. The molecule has 0 aliphatic carbocycles. The van der Waals surface area contributed by atoms with E-state index in [9.17, 15) is 19.2 Å². The minimum absolute atomic E-state index is 0.109. The quantitative estimate of drug-likeness (QED) is 0.361. The maximum atomic E-state index is 12.2. The van der Waals surface area contributed by atoms with Crippen molar-refractivity contribution in [3.8, 4) is 11.5 Å². The summed E-state index contributed by atoms with van der Waals surface area (Å²) < 4.78 is 21.0. The highest BCUT2D eigenvalue weighted by molar-refractivity contribution is 5.99. The summed E-state index contributed by atoms with van der Waals surface area (Å²) in [5.41, 5.74) is 1.82. The highest BCUT2D eigenvalue weighted by Crippen LogP contribution is 2.24. The number of benzene rings is 3. The van der Waals surface area contributed by atoms with Gasteiger partial charge in [0.05, 0.1) is 0 Å². The van der Waals surface area contributed by atoms with E-state index < -0.39 is 23.9 Å². The van der Waals surface area contributed by atoms with Crippen molar-refractivity contribution in [2.24, 2.45) is 0 Å². The summed E-state index contributed by atoms with van der Waals surface area (Å²) in [6.45, 7) is 2.51. The monoisotopic (exact) mass is 462 g/mol. The van der Waals surface area contributed by atoms with E-state index in [1.165, 1.54) is 12.1 Å². The zero-order chi connectivity index (χ0) is 24.5. The van der Waals surface area contributed by atoms with Crippen LogP contribution in [0.4, 0.5) is 0 Å². The summed E-state index contributed by atoms with van der Waals surface area (Å²) in [5.74, 6) is -2.49. The third-order valence-electron chi connectivity index (χ3n) is 4.57. The summed E-state index contributed by atoms with van der Waals surface area (Å²) in [5, 5.41) is 0. The van der Waals surface area contributed by atoms with Gasteiger partial charge in [-0.25, -0.2) is 9.59 Å². The lowest BCUT2D eigenvalue weighted by Gasteiger charge is -2.15. The highest BCUT2D eigenvalue weighted by Gasteiger charge is 2.17. The molecule has 0 saturated carbocycles. The van der Waals surface area contributed by atoms with Crippen LogP contribution in [0.3, 0.4) is 0 Å². The molecule has 3 rings (SSSR count). The fourth-order valence-corrected chi connectivity index (χ4v) is 3.04. The molecule has 0 N–H and O–H groups in total. The molecule has 0 amide bonds. The molecule has 8 nitrogen and oxygen atoms in total. The van der Waals surface area contributed by atoms with Crippen molar-refractivity contribution >= 4 is 23.9 Å². The van der Waals surface area contributed by atoms with E-state index in [1.54, 1.807) is 36.4 Å². The minimum Gasteiger partial charge on any atom is -0.488 e. The summed E-state index contributed by atoms with van der Waals surface area (Å²) >= 11 is 0. The lowest BCUT2D eigenvalue weighted by atomic mass is 10.1. The van der Waals surface area contributed by atoms with Gasteiger partial charge in [-0.1, -0.05) is 48.5 Å². The van der Waals surface area contributed by atoms with Gasteiger partial charge in [0.1, 0.15) is 35.8 Å². The van der Waals surface area contributed by atoms with Crippen molar-refractivity contribution in [2.75, 3.05) is 0 Å². The molecule has 0 spiro atoms. The van der Waals surface area contributed by atoms with E-state index >= 15 is 0 Å². The normalized spacial score (nSPS) is 10.2. The predicted octanol–water partition coefficient (Wildman–Crippen LogP) is 4.25. The Bertz CT molecular complexity index is 1120. The first-order chi connectivity index (χ1) is 16.3. The molecule has 0 heterocycles. The Labute approximate surface area is 196 Å². The van der Waals surface area contributed by atoms with Crippen molar-refractivity contribution in [3.05, 3.63) is 95.1 Å². The standard InChI is InChI=1S/C26H22O8/c1-17(27)33-25(29)21-11-5-7-13-23(21)31-15-19-9-3-4-10-20(19)16-32-24-14-8-6-12-22(24)26(30)34-18(2)28/h3-14H,15-16H2,1-2H3. The van der Waals surface area contributed by atoms with Gasteiger partial charge in [0.2, 0.25) is 0 Å². The molecule has 0 aliphatic rings. The van der Waals surface area contributed by atoms with Crippen LogP contribution in [0.25, 0.3) is 0 Å². The van der Waals surface area contributed by atoms with Crippen LogP contribution in [-0.2, 0) is 32.3 Å². The average Bonchev–Trinajstić information content (AvgIpc) is 2.81. The zero-order valence-corrected chi connectivity index (χ0v) is 18.6. The Morgan fingerprint density at radius 2 is 0.912 bits per heavy atom. The fourth-order valence-electron chi connectivity index (χ4n) is 3.04. The minimum atomic E-state index is -0.797. The number of esters is 4. The topological polar surface area (TPSA) is 105 Å². The molecule has 0 aliphatic heterocycles. The Kier molecular flexibility index (Phi) is 8.12. The van der Waals surface area contributed by atoms with Crippen molar-refractivity contribution in [3.63, 3.8) is 0 Å². The van der Waals surface area contributed by atoms with Gasteiger partial charge >= 0.3 is 23.9 Å². The van der Waals surface area contributed by atoms with Crippen LogP contribution in [0.1, 0.15) is 45.7 Å². The SMILES string of the molecule is CC(=O)OC(=O)c1ccccc1OCc1ccccc1COc1ccccc1C(=O)OC(C)=O. The molecule has 0 radical (unpaired) electrons. The Hall–Kier alpha value is -4.46. The van der Waals surface area contributed by atoms with Crippen LogP contribution in [0.5, 0.6) is 11.5 Å². The lowest BCUT2D eigenvalue weighted by Crippen LogP contribution is -2.12. The van der Waals surface area contributed by atoms with Crippen molar-refractivity contribution < 1.29 is 38.1 Å². The Morgan fingerprint density at radius 1 is 0.559 bits per heavy atom. The number of hydrogen-bond acceptors (Lipinski definition) is 8. The number of carbonyl (C=O) groups excluding carboxylic acids is 4. The molecule has 34 heavy (non-hydrogen) atoms. The van der Waals surface area contributed by atoms with Gasteiger partial charge in [-0.15, -0.1) is 0 Å². The first-order valence-electron chi connectivity index (χ1n) is 10.3. The van der Waals surface area contributed by atoms with E-state index in [1.807, 2.05) is 24.3 Å². The van der Waals surface area contributed by atoms with Gasteiger partial charge < -0.3 is 18.9 Å². The van der Waals surface area contributed by atoms with Gasteiger partial charge in [0.25, 0.3) is 0 Å². The number of para-hydroxylation sites is 2. The van der Waals surface area contributed by atoms with E-state index in [0.717, 1.165) is 25.0 Å². The number of ether oxygens (including phenoxy) is 4. The second-order valence-electron chi connectivity index (χ2n) is 7.10. The van der Waals surface area contributed by atoms with Crippen molar-refractivity contribution in [1.29, 1.82) is 0 Å². The molecule has 174 valence electrons. The smallest absolute Gasteiger partial charge is 0.349 e. The number of carbonyl (C=O) groups is 4. The van der Waals surface area contributed by atoms with Crippen LogP contribution >= 0.6 is 0 Å². The summed E-state index contributed by atoms with van der Waals surface area (Å²) in [4.78, 5) is 46.6. The van der Waals surface area contributed by atoms with Crippen LogP contribution in [0.2, 0.25) is 0 Å². The summed E-state index contributed by atoms with van der Waals surface area (Å²) in [6, 6.07) is 20.2. The van der Waals surface area contributed by atoms with Gasteiger partial charge in [-0.2, -0.15) is 0 Å². The Morgan fingerprint density at radius 3 is 1.29 bits per heavy atom. The Balaban J connectivity index is 1.73. The largest absolute Gasteiger partial charge is 0.488 e. The summed E-state index contributed by atoms with van der Waals surface area (Å²) in [6.07, 6.45) is 0. The van der Waals surface area contributed by atoms with Crippen LogP contribution in [0.15, 0.2) is 72.8 Å². The molecular weight excluding hydrogens is 440 g/mol. The third-order valence-corrected chi connectivity index (χ3v) is 4.57. The van der Waals surface area contributed by atoms with Crippen LogP contribution in [0, 0.1) is 0 Å². The molecule has 0 aromatic heterocycles. The number of hydrogen-bond donors (Lipinski definition) is 0. The van der Waals surface area contributed by atoms with Crippen LogP contribution < -0.4 is 9.47 Å². The highest BCUT2D eigenvalue weighted by atomic mass is 16.6. The average molecular weight is 462 g/mol. The molecule has 0 unspecified atom stereocenters. The van der Waals surface area contributed by atoms with E-state index in [0.29, 0.717) is 0 Å². The van der Waals surface area contributed by atoms with Gasteiger partial charge in [0, 0.05) is 13.8 Å². The third kappa shape index (κ3) is 6.52. The second-order valence-corrected chi connectivity index (χ2v) is 7.10. The van der Waals surface area contributed by atoms with Crippen molar-refractivity contribution in [1.82, 2.24) is 0 Å². The molecule has 8 heteroatoms. The summed E-state index contributed by atoms with van der Waals surface area (Å²) in [7, 11) is 0. The molecule has 0 saturated heterocycles.